The zero-order chi connectivity index (χ0) is 23.5. The molecule has 1 N–H and O–H groups in total. The summed E-state index contributed by atoms with van der Waals surface area (Å²) in [5, 5.41) is 3.63. The molecule has 32 heavy (non-hydrogen) atoms. The van der Waals surface area contributed by atoms with Crippen LogP contribution in [0.2, 0.25) is 10.0 Å². The van der Waals surface area contributed by atoms with Gasteiger partial charge in [-0.2, -0.15) is 0 Å². The predicted molar refractivity (Wildman–Crippen MR) is 132 cm³/mol. The fourth-order valence-electron chi connectivity index (χ4n) is 4.34. The van der Waals surface area contributed by atoms with Crippen LogP contribution in [0.15, 0.2) is 36.4 Å². The van der Waals surface area contributed by atoms with Crippen LogP contribution < -0.4 is 9.62 Å². The van der Waals surface area contributed by atoms with Crippen LogP contribution in [0.25, 0.3) is 0 Å². The lowest BCUT2D eigenvalue weighted by molar-refractivity contribution is -0.123. The molecule has 0 bridgehead atoms. The maximum Gasteiger partial charge on any atom is 0.244 e. The van der Waals surface area contributed by atoms with E-state index in [1.807, 2.05) is 6.92 Å². The summed E-state index contributed by atoms with van der Waals surface area (Å²) in [6.45, 7) is 3.80. The van der Waals surface area contributed by atoms with E-state index in [0.29, 0.717) is 23.6 Å². The van der Waals surface area contributed by atoms with Gasteiger partial charge >= 0.3 is 0 Å². The maximum atomic E-state index is 13.3. The quantitative estimate of drug-likeness (QED) is 0.510. The smallest absolute Gasteiger partial charge is 0.244 e. The van der Waals surface area contributed by atoms with Gasteiger partial charge in [0.05, 0.1) is 28.0 Å². The molecule has 0 radical (unpaired) electrons. The lowest BCUT2D eigenvalue weighted by Crippen LogP contribution is -2.50. The van der Waals surface area contributed by atoms with E-state index >= 15 is 0 Å². The molecule has 2 atom stereocenters. The lowest BCUT2D eigenvalue weighted by atomic mass is 9.88. The molecule has 0 saturated heterocycles. The molecule has 5 nitrogen and oxygen atoms in total. The summed E-state index contributed by atoms with van der Waals surface area (Å²) < 4.78 is 26.5. The predicted octanol–water partition coefficient (Wildman–Crippen LogP) is 5.68. The fraction of sp³-hybridized carbons (Fsp3) is 0.458. The zero-order valence-corrected chi connectivity index (χ0v) is 21.0. The van der Waals surface area contributed by atoms with Crippen molar-refractivity contribution in [3.05, 3.63) is 63.1 Å². The van der Waals surface area contributed by atoms with Crippen LogP contribution in [-0.2, 0) is 27.7 Å². The second-order valence-corrected chi connectivity index (χ2v) is 11.0. The van der Waals surface area contributed by atoms with Crippen LogP contribution in [0.4, 0.5) is 5.69 Å². The second kappa shape index (κ2) is 10.4. The molecule has 1 aliphatic carbocycles. The number of benzene rings is 2. The number of halogens is 2. The van der Waals surface area contributed by atoms with E-state index in [-0.39, 0.29) is 17.0 Å². The molecule has 0 aromatic heterocycles. The molecule has 2 aromatic rings. The van der Waals surface area contributed by atoms with Gasteiger partial charge in [-0.1, -0.05) is 55.2 Å². The Labute approximate surface area is 201 Å². The van der Waals surface area contributed by atoms with Gasteiger partial charge in [0.25, 0.3) is 0 Å². The van der Waals surface area contributed by atoms with Crippen molar-refractivity contribution >= 4 is 44.8 Å². The molecule has 174 valence electrons. The summed E-state index contributed by atoms with van der Waals surface area (Å²) in [7, 11) is -3.75. The highest BCUT2D eigenvalue weighted by Gasteiger charge is 2.33. The highest BCUT2D eigenvalue weighted by atomic mass is 35.5. The number of hydrogen-bond donors (Lipinski definition) is 1. The van der Waals surface area contributed by atoms with Gasteiger partial charge in [0.2, 0.25) is 15.9 Å². The Morgan fingerprint density at radius 3 is 2.28 bits per heavy atom. The highest BCUT2D eigenvalue weighted by Crippen LogP contribution is 2.31. The minimum absolute atomic E-state index is 0.195. The van der Waals surface area contributed by atoms with Crippen molar-refractivity contribution in [3.8, 4) is 0 Å². The topological polar surface area (TPSA) is 66.5 Å². The van der Waals surface area contributed by atoms with Crippen molar-refractivity contribution in [2.75, 3.05) is 10.6 Å². The molecule has 0 aliphatic heterocycles. The summed E-state index contributed by atoms with van der Waals surface area (Å²) in [6.07, 6.45) is 6.66. The second-order valence-electron chi connectivity index (χ2n) is 8.29. The Morgan fingerprint density at radius 1 is 1.00 bits per heavy atom. The van der Waals surface area contributed by atoms with E-state index in [1.54, 1.807) is 13.0 Å². The first-order valence-electron chi connectivity index (χ1n) is 11.0. The van der Waals surface area contributed by atoms with Gasteiger partial charge in [0.15, 0.2) is 0 Å². The number of carbonyl (C=O) groups is 1. The largest absolute Gasteiger partial charge is 0.347 e. The Balaban J connectivity index is 1.89. The van der Waals surface area contributed by atoms with E-state index in [1.165, 1.54) is 36.1 Å². The van der Waals surface area contributed by atoms with Crippen molar-refractivity contribution in [3.63, 3.8) is 0 Å². The molecule has 0 saturated carbocycles. The normalized spacial score (nSPS) is 15.5. The molecule has 8 heteroatoms. The van der Waals surface area contributed by atoms with Crippen molar-refractivity contribution in [2.45, 2.75) is 64.5 Å². The number of rotatable bonds is 8. The number of nitrogens with zero attached hydrogens (tertiary/aromatic N) is 1. The van der Waals surface area contributed by atoms with E-state index in [9.17, 15) is 13.2 Å². The van der Waals surface area contributed by atoms with Crippen molar-refractivity contribution < 1.29 is 13.2 Å². The van der Waals surface area contributed by atoms with Crippen molar-refractivity contribution in [1.29, 1.82) is 0 Å². The highest BCUT2D eigenvalue weighted by molar-refractivity contribution is 7.92. The molecular weight excluding hydrogens is 467 g/mol. The number of carbonyl (C=O) groups excluding carboxylic acids is 1. The van der Waals surface area contributed by atoms with E-state index in [0.717, 1.165) is 29.0 Å². The Hall–Kier alpha value is -1.76. The molecule has 3 rings (SSSR count). The number of amides is 1. The van der Waals surface area contributed by atoms with Crippen LogP contribution in [-0.4, -0.2) is 26.6 Å². The molecule has 2 aromatic carbocycles. The summed E-state index contributed by atoms with van der Waals surface area (Å²) in [5.74, 6) is -0.339. The van der Waals surface area contributed by atoms with Crippen molar-refractivity contribution in [2.24, 2.45) is 0 Å². The average molecular weight is 497 g/mol. The van der Waals surface area contributed by atoms with Crippen LogP contribution in [0, 0.1) is 0 Å². The summed E-state index contributed by atoms with van der Waals surface area (Å²) >= 11 is 12.1. The summed E-state index contributed by atoms with van der Waals surface area (Å²) in [6, 6.07) is 9.89. The molecule has 0 unspecified atom stereocenters. The van der Waals surface area contributed by atoms with E-state index < -0.39 is 16.1 Å². The molecule has 0 fully saturated rings. The number of fused-ring (bicyclic) bond motifs is 1. The minimum Gasteiger partial charge on any atom is -0.347 e. The maximum absolute atomic E-state index is 13.3. The Kier molecular flexibility index (Phi) is 8.12. The van der Waals surface area contributed by atoms with Crippen LogP contribution >= 0.6 is 23.2 Å². The standard InChI is InChI=1S/C24H30Cl2N2O3S/c1-4-22(18-11-10-16-8-6-7-9-17(16)14-18)27-24(29)23(5-2)28(32(3,30)31)19-12-13-20(25)21(26)15-19/h10-15,22-23H,4-9H2,1-3H3,(H,27,29)/t22-,23+/m1/s1. The number of aryl methyl sites for hydroxylation is 2. The lowest BCUT2D eigenvalue weighted by Gasteiger charge is -2.32. The fourth-order valence-corrected chi connectivity index (χ4v) is 5.84. The molecule has 1 aliphatic rings. The zero-order valence-electron chi connectivity index (χ0n) is 18.7. The van der Waals surface area contributed by atoms with Gasteiger partial charge in [-0.25, -0.2) is 8.42 Å². The summed E-state index contributed by atoms with van der Waals surface area (Å²) in [4.78, 5) is 13.3. The third kappa shape index (κ3) is 5.59. The van der Waals surface area contributed by atoms with Gasteiger partial charge in [-0.05, 0) is 73.4 Å². The average Bonchev–Trinajstić information content (AvgIpc) is 2.76. The monoisotopic (exact) mass is 496 g/mol. The molecular formula is C24H30Cl2N2O3S. The SMILES string of the molecule is CC[C@@H](NC(=O)[C@H](CC)N(c1ccc(Cl)c(Cl)c1)S(C)(=O)=O)c1ccc2c(c1)CCCC2. The van der Waals surface area contributed by atoms with Gasteiger partial charge in [-0.15, -0.1) is 0 Å². The number of sulfonamides is 1. The van der Waals surface area contributed by atoms with E-state index in [4.69, 9.17) is 23.2 Å². The van der Waals surface area contributed by atoms with Gasteiger partial charge in [0.1, 0.15) is 6.04 Å². The number of hydrogen-bond acceptors (Lipinski definition) is 3. The molecule has 0 spiro atoms. The summed E-state index contributed by atoms with van der Waals surface area (Å²) in [5.41, 5.74) is 4.10. The third-order valence-corrected chi connectivity index (χ3v) is 7.91. The van der Waals surface area contributed by atoms with Crippen LogP contribution in [0.5, 0.6) is 0 Å². The van der Waals surface area contributed by atoms with Crippen molar-refractivity contribution in [1.82, 2.24) is 5.32 Å². The van der Waals surface area contributed by atoms with Crippen LogP contribution in [0.3, 0.4) is 0 Å². The van der Waals surface area contributed by atoms with Gasteiger partial charge in [0, 0.05) is 0 Å². The third-order valence-electron chi connectivity index (χ3n) is 5.99. The molecule has 0 heterocycles. The number of nitrogens with one attached hydrogen (secondary N) is 1. The first-order chi connectivity index (χ1) is 15.2. The van der Waals surface area contributed by atoms with Gasteiger partial charge < -0.3 is 5.32 Å². The van der Waals surface area contributed by atoms with Gasteiger partial charge in [-0.3, -0.25) is 9.10 Å². The first-order valence-corrected chi connectivity index (χ1v) is 13.6. The number of anilines is 1. The molecule has 1 amide bonds. The first kappa shape index (κ1) is 24.9. The Morgan fingerprint density at radius 2 is 1.69 bits per heavy atom. The van der Waals surface area contributed by atoms with Crippen LogP contribution in [0.1, 0.15) is 62.3 Å². The van der Waals surface area contributed by atoms with E-state index in [2.05, 4.69) is 23.5 Å². The minimum atomic E-state index is -3.75. The Bertz CT molecular complexity index is 1090.